The number of benzene rings is 1. The molecule has 0 saturated heterocycles. The van der Waals surface area contributed by atoms with Crippen LogP contribution < -0.4 is 0 Å². The molecule has 0 amide bonds. The minimum atomic E-state index is 0. The average molecular weight is 394 g/mol. The van der Waals surface area contributed by atoms with Gasteiger partial charge in [-0.3, -0.25) is 0 Å². The SMILES string of the molecule is [CH2-]CCCCCCC.[CH2-]CCCCCCC.[Ni+3].[S-]c1ccccc1. The number of hydrogen-bond donors (Lipinski definition) is 0. The third kappa shape index (κ3) is 29.9. The fraction of sp³-hybridized carbons (Fsp3) is 0.636. The van der Waals surface area contributed by atoms with Crippen molar-refractivity contribution in [2.75, 3.05) is 0 Å². The Morgan fingerprint density at radius 2 is 1.04 bits per heavy atom. The van der Waals surface area contributed by atoms with Crippen molar-refractivity contribution in [3.63, 3.8) is 0 Å². The van der Waals surface area contributed by atoms with Gasteiger partial charge in [-0.1, -0.05) is 108 Å². The first-order chi connectivity index (χ1) is 11.2. The molecule has 0 N–H and O–H groups in total. The predicted molar refractivity (Wildman–Crippen MR) is 110 cm³/mol. The van der Waals surface area contributed by atoms with E-state index in [4.69, 9.17) is 12.6 Å². The smallest absolute Gasteiger partial charge is 0.780 e. The molecule has 2 heteroatoms. The van der Waals surface area contributed by atoms with Gasteiger partial charge in [0.1, 0.15) is 0 Å². The van der Waals surface area contributed by atoms with Gasteiger partial charge in [-0.15, -0.1) is 0 Å². The fourth-order valence-corrected chi connectivity index (χ4v) is 2.14. The van der Waals surface area contributed by atoms with Gasteiger partial charge in [-0.25, -0.2) is 0 Å². The molecule has 0 saturated carbocycles. The molecule has 1 aromatic carbocycles. The van der Waals surface area contributed by atoms with Gasteiger partial charge in [0.05, 0.1) is 0 Å². The molecule has 0 aliphatic heterocycles. The first-order valence-corrected chi connectivity index (χ1v) is 9.94. The number of rotatable bonds is 10. The van der Waals surface area contributed by atoms with Crippen molar-refractivity contribution < 1.29 is 16.5 Å². The maximum Gasteiger partial charge on any atom is 3.00 e. The van der Waals surface area contributed by atoms with Crippen LogP contribution >= 0.6 is 0 Å². The van der Waals surface area contributed by atoms with Crippen molar-refractivity contribution in [3.8, 4) is 0 Å². The largest absolute Gasteiger partial charge is 3.00 e. The van der Waals surface area contributed by atoms with Crippen LogP contribution in [0.2, 0.25) is 0 Å². The molecule has 0 bridgehead atoms. The van der Waals surface area contributed by atoms with Crippen molar-refractivity contribution in [1.29, 1.82) is 0 Å². The topological polar surface area (TPSA) is 0 Å². The van der Waals surface area contributed by atoms with Crippen LogP contribution in [0.3, 0.4) is 0 Å². The summed E-state index contributed by atoms with van der Waals surface area (Å²) >= 11 is 4.81. The van der Waals surface area contributed by atoms with Crippen molar-refractivity contribution in [2.24, 2.45) is 0 Å². The van der Waals surface area contributed by atoms with Gasteiger partial charge >= 0.3 is 16.5 Å². The second-order valence-corrected chi connectivity index (χ2v) is 6.32. The van der Waals surface area contributed by atoms with Gasteiger partial charge in [0.2, 0.25) is 0 Å². The Hall–Kier alpha value is -0.0665. The van der Waals surface area contributed by atoms with Gasteiger partial charge in [-0.2, -0.15) is 17.7 Å². The van der Waals surface area contributed by atoms with Gasteiger partial charge in [0.15, 0.2) is 0 Å². The van der Waals surface area contributed by atoms with Crippen LogP contribution in [0.15, 0.2) is 35.2 Å². The van der Waals surface area contributed by atoms with Crippen LogP contribution in [-0.4, -0.2) is 0 Å². The minimum absolute atomic E-state index is 0. The summed E-state index contributed by atoms with van der Waals surface area (Å²) in [6.07, 6.45) is 16.0. The maximum absolute atomic E-state index is 4.81. The molecular weight excluding hydrogens is 355 g/mol. The summed E-state index contributed by atoms with van der Waals surface area (Å²) in [6, 6.07) is 9.62. The summed E-state index contributed by atoms with van der Waals surface area (Å²) in [6.45, 7) is 12.0. The molecule has 0 atom stereocenters. The summed E-state index contributed by atoms with van der Waals surface area (Å²) in [4.78, 5) is 0.905. The van der Waals surface area contributed by atoms with E-state index in [2.05, 4.69) is 27.7 Å². The Morgan fingerprint density at radius 1 is 0.667 bits per heavy atom. The van der Waals surface area contributed by atoms with Crippen molar-refractivity contribution in [2.45, 2.75) is 95.8 Å². The first-order valence-electron chi connectivity index (χ1n) is 9.53. The van der Waals surface area contributed by atoms with Crippen LogP contribution in [0.1, 0.15) is 90.9 Å². The Labute approximate surface area is 168 Å². The third-order valence-corrected chi connectivity index (χ3v) is 3.72. The van der Waals surface area contributed by atoms with E-state index in [1.165, 1.54) is 64.2 Å². The standard InChI is InChI=1S/2C8H17.C6H6S.Ni/c2*1-3-5-7-8-6-4-2;7-6-4-2-1-3-5-6;/h2*1,3-8H2,2H3;1-5,7H;/q2*-1;;+3/p-1. The van der Waals surface area contributed by atoms with Gasteiger partial charge in [-0.05, 0) is 0 Å². The van der Waals surface area contributed by atoms with Crippen molar-refractivity contribution in [1.82, 2.24) is 0 Å². The Morgan fingerprint density at radius 3 is 1.29 bits per heavy atom. The van der Waals surface area contributed by atoms with E-state index in [0.717, 1.165) is 17.7 Å². The van der Waals surface area contributed by atoms with Crippen LogP contribution in [0.4, 0.5) is 0 Å². The number of unbranched alkanes of at least 4 members (excludes halogenated alkanes) is 10. The monoisotopic (exact) mass is 393 g/mol. The summed E-state index contributed by atoms with van der Waals surface area (Å²) in [5, 5.41) is 0. The molecule has 24 heavy (non-hydrogen) atoms. The Kier molecular flexibility index (Phi) is 33.2. The zero-order valence-corrected chi connectivity index (χ0v) is 17.8. The van der Waals surface area contributed by atoms with E-state index in [1.807, 2.05) is 30.3 Å². The van der Waals surface area contributed by atoms with Crippen molar-refractivity contribution in [3.05, 3.63) is 44.2 Å². The zero-order chi connectivity index (χ0) is 17.6. The van der Waals surface area contributed by atoms with Crippen LogP contribution in [-0.2, 0) is 29.1 Å². The zero-order valence-electron chi connectivity index (χ0n) is 16.0. The molecule has 0 aliphatic carbocycles. The fourth-order valence-electron chi connectivity index (χ4n) is 1.98. The first kappa shape index (κ1) is 28.7. The van der Waals surface area contributed by atoms with E-state index in [1.54, 1.807) is 0 Å². The normalized spacial score (nSPS) is 9.00. The summed E-state index contributed by atoms with van der Waals surface area (Å²) in [5.41, 5.74) is 0. The van der Waals surface area contributed by atoms with E-state index >= 15 is 0 Å². The predicted octanol–water partition coefficient (Wildman–Crippen LogP) is 7.95. The molecule has 1 radical (unpaired) electrons. The summed E-state index contributed by atoms with van der Waals surface area (Å²) in [5.74, 6) is 0. The molecule has 0 nitrogen and oxygen atoms in total. The minimum Gasteiger partial charge on any atom is -0.780 e. The molecule has 0 aromatic heterocycles. The Bertz CT molecular complexity index is 263. The van der Waals surface area contributed by atoms with Crippen LogP contribution in [0, 0.1) is 13.8 Å². The van der Waals surface area contributed by atoms with Crippen LogP contribution in [0.5, 0.6) is 0 Å². The molecule has 1 rings (SSSR count). The second-order valence-electron chi connectivity index (χ2n) is 5.85. The van der Waals surface area contributed by atoms with E-state index < -0.39 is 0 Å². The van der Waals surface area contributed by atoms with Gasteiger partial charge in [0.25, 0.3) is 0 Å². The molecule has 0 aliphatic rings. The van der Waals surface area contributed by atoms with Gasteiger partial charge < -0.3 is 26.5 Å². The Balaban J connectivity index is -0.000000270. The summed E-state index contributed by atoms with van der Waals surface area (Å²) in [7, 11) is 0. The second kappa shape index (κ2) is 27.8. The number of hydrogen-bond acceptors (Lipinski definition) is 1. The molecule has 143 valence electrons. The molecule has 0 fully saturated rings. The van der Waals surface area contributed by atoms with E-state index in [9.17, 15) is 0 Å². The van der Waals surface area contributed by atoms with Gasteiger partial charge in [0, 0.05) is 0 Å². The average Bonchev–Trinajstić information content (AvgIpc) is 2.58. The molecule has 0 unspecified atom stereocenters. The van der Waals surface area contributed by atoms with Crippen molar-refractivity contribution >= 4 is 12.6 Å². The van der Waals surface area contributed by atoms with Crippen LogP contribution in [0.25, 0.3) is 0 Å². The molecule has 1 aromatic rings. The molecule has 0 heterocycles. The van der Waals surface area contributed by atoms with E-state index in [0.29, 0.717) is 0 Å². The van der Waals surface area contributed by atoms with E-state index in [-0.39, 0.29) is 16.5 Å². The molecular formula is C22H39NiS. The maximum atomic E-state index is 4.81. The summed E-state index contributed by atoms with van der Waals surface area (Å²) < 4.78 is 0. The quantitative estimate of drug-likeness (QED) is 0.168. The third-order valence-electron chi connectivity index (χ3n) is 3.45. The molecule has 0 spiro atoms.